The molecule has 0 unspecified atom stereocenters. The van der Waals surface area contributed by atoms with Crippen LogP contribution in [0.1, 0.15) is 29.6 Å². The lowest BCUT2D eigenvalue weighted by atomic mass is 9.93. The number of aromatic nitrogens is 2. The summed E-state index contributed by atoms with van der Waals surface area (Å²) in [5.41, 5.74) is 6.64. The van der Waals surface area contributed by atoms with Gasteiger partial charge in [0.05, 0.1) is 5.56 Å². The lowest BCUT2D eigenvalue weighted by Gasteiger charge is -2.31. The van der Waals surface area contributed by atoms with Gasteiger partial charge in [0, 0.05) is 37.5 Å². The molecule has 124 valence electrons. The van der Waals surface area contributed by atoms with Crippen molar-refractivity contribution in [2.75, 3.05) is 13.1 Å². The molecule has 0 aliphatic carbocycles. The molecule has 1 fully saturated rings. The van der Waals surface area contributed by atoms with Gasteiger partial charge in [0.15, 0.2) is 5.82 Å². The minimum atomic E-state index is -0.273. The third kappa shape index (κ3) is 3.76. The molecule has 6 heteroatoms. The molecule has 6 nitrogen and oxygen atoms in total. The van der Waals surface area contributed by atoms with Gasteiger partial charge in [-0.05, 0) is 18.8 Å². The van der Waals surface area contributed by atoms with Crippen molar-refractivity contribution < 1.29 is 9.59 Å². The van der Waals surface area contributed by atoms with Crippen molar-refractivity contribution in [3.8, 4) is 11.4 Å². The Morgan fingerprint density at radius 1 is 1.08 bits per heavy atom. The highest BCUT2D eigenvalue weighted by Crippen LogP contribution is 2.21. The maximum Gasteiger partial charge on any atom is 0.256 e. The number of carbonyl (C=O) groups excluding carboxylic acids is 2. The summed E-state index contributed by atoms with van der Waals surface area (Å²) in [6.45, 7) is 1.27. The molecule has 0 spiro atoms. The third-order valence-corrected chi connectivity index (χ3v) is 4.32. The molecule has 2 heterocycles. The molecule has 1 aromatic heterocycles. The molecule has 0 atom stereocenters. The predicted octanol–water partition coefficient (Wildman–Crippen LogP) is 1.87. The van der Waals surface area contributed by atoms with Gasteiger partial charge in [-0.2, -0.15) is 0 Å². The number of amides is 2. The van der Waals surface area contributed by atoms with Crippen molar-refractivity contribution in [3.05, 3.63) is 48.3 Å². The van der Waals surface area contributed by atoms with Crippen LogP contribution in [0, 0.1) is 5.92 Å². The van der Waals surface area contributed by atoms with Crippen LogP contribution in [0.5, 0.6) is 0 Å². The molecule has 2 aromatic rings. The van der Waals surface area contributed by atoms with Gasteiger partial charge in [-0.3, -0.25) is 9.59 Å². The van der Waals surface area contributed by atoms with Gasteiger partial charge in [-0.1, -0.05) is 30.3 Å². The topological polar surface area (TPSA) is 89.2 Å². The number of primary amides is 1. The fourth-order valence-corrected chi connectivity index (χ4v) is 2.98. The SMILES string of the molecule is NC(=O)CC1CCN(C(=O)c2cnc(-c3ccccc3)nc2)CC1. The van der Waals surface area contributed by atoms with Gasteiger partial charge in [-0.25, -0.2) is 9.97 Å². The van der Waals surface area contributed by atoms with Gasteiger partial charge in [0.1, 0.15) is 0 Å². The Labute approximate surface area is 140 Å². The van der Waals surface area contributed by atoms with Crippen LogP contribution in [0.2, 0.25) is 0 Å². The van der Waals surface area contributed by atoms with Crippen LogP contribution in [0.25, 0.3) is 11.4 Å². The summed E-state index contributed by atoms with van der Waals surface area (Å²) in [5.74, 6) is 0.549. The Bertz CT molecular complexity index is 708. The number of hydrogen-bond acceptors (Lipinski definition) is 4. The summed E-state index contributed by atoms with van der Waals surface area (Å²) < 4.78 is 0. The van der Waals surface area contributed by atoms with Crippen molar-refractivity contribution in [1.29, 1.82) is 0 Å². The second-order valence-electron chi connectivity index (χ2n) is 6.07. The summed E-state index contributed by atoms with van der Waals surface area (Å²) >= 11 is 0. The summed E-state index contributed by atoms with van der Waals surface area (Å²) in [7, 11) is 0. The first kappa shape index (κ1) is 16.1. The van der Waals surface area contributed by atoms with E-state index in [9.17, 15) is 9.59 Å². The highest BCUT2D eigenvalue weighted by atomic mass is 16.2. The minimum Gasteiger partial charge on any atom is -0.370 e. The summed E-state index contributed by atoms with van der Waals surface area (Å²) in [5, 5.41) is 0. The quantitative estimate of drug-likeness (QED) is 0.930. The van der Waals surface area contributed by atoms with Crippen LogP contribution in [-0.2, 0) is 4.79 Å². The van der Waals surface area contributed by atoms with E-state index < -0.39 is 0 Å². The number of nitrogens with zero attached hydrogens (tertiary/aromatic N) is 3. The normalized spacial score (nSPS) is 15.2. The van der Waals surface area contributed by atoms with Gasteiger partial charge in [0.2, 0.25) is 5.91 Å². The highest BCUT2D eigenvalue weighted by molar-refractivity contribution is 5.93. The van der Waals surface area contributed by atoms with E-state index in [1.807, 2.05) is 30.3 Å². The van der Waals surface area contributed by atoms with Crippen LogP contribution in [0.3, 0.4) is 0 Å². The number of nitrogens with two attached hydrogens (primary N) is 1. The number of likely N-dealkylation sites (tertiary alicyclic amines) is 1. The summed E-state index contributed by atoms with van der Waals surface area (Å²) in [4.78, 5) is 33.9. The van der Waals surface area contributed by atoms with E-state index in [2.05, 4.69) is 9.97 Å². The van der Waals surface area contributed by atoms with Crippen molar-refractivity contribution >= 4 is 11.8 Å². The van der Waals surface area contributed by atoms with Crippen LogP contribution >= 0.6 is 0 Å². The molecule has 2 amide bonds. The molecule has 1 aromatic carbocycles. The molecule has 0 bridgehead atoms. The van der Waals surface area contributed by atoms with E-state index in [4.69, 9.17) is 5.73 Å². The van der Waals surface area contributed by atoms with Crippen molar-refractivity contribution in [2.45, 2.75) is 19.3 Å². The molecule has 1 aliphatic heterocycles. The minimum absolute atomic E-state index is 0.0628. The first-order valence-electron chi connectivity index (χ1n) is 8.08. The molecule has 2 N–H and O–H groups in total. The number of hydrogen-bond donors (Lipinski definition) is 1. The molecular weight excluding hydrogens is 304 g/mol. The van der Waals surface area contributed by atoms with E-state index in [0.717, 1.165) is 18.4 Å². The van der Waals surface area contributed by atoms with Gasteiger partial charge in [-0.15, -0.1) is 0 Å². The Morgan fingerprint density at radius 3 is 2.29 bits per heavy atom. The number of piperidine rings is 1. The van der Waals surface area contributed by atoms with Crippen LogP contribution in [0.4, 0.5) is 0 Å². The molecule has 0 saturated carbocycles. The molecule has 3 rings (SSSR count). The zero-order chi connectivity index (χ0) is 16.9. The number of carbonyl (C=O) groups is 2. The standard InChI is InChI=1S/C18H20N4O2/c19-16(23)10-13-6-8-22(9-7-13)18(24)15-11-20-17(21-12-15)14-4-2-1-3-5-14/h1-5,11-13H,6-10H2,(H2,19,23). The van der Waals surface area contributed by atoms with E-state index >= 15 is 0 Å². The average Bonchev–Trinajstić information content (AvgIpc) is 2.62. The highest BCUT2D eigenvalue weighted by Gasteiger charge is 2.24. The van der Waals surface area contributed by atoms with E-state index in [1.54, 1.807) is 17.3 Å². The smallest absolute Gasteiger partial charge is 0.256 e. The molecule has 0 radical (unpaired) electrons. The van der Waals surface area contributed by atoms with Crippen molar-refractivity contribution in [3.63, 3.8) is 0 Å². The Hall–Kier alpha value is -2.76. The summed E-state index contributed by atoms with van der Waals surface area (Å²) in [6.07, 6.45) is 5.16. The average molecular weight is 324 g/mol. The summed E-state index contributed by atoms with van der Waals surface area (Å²) in [6, 6.07) is 9.64. The second kappa shape index (κ2) is 7.21. The number of rotatable bonds is 4. The Morgan fingerprint density at radius 2 is 1.71 bits per heavy atom. The predicted molar refractivity (Wildman–Crippen MR) is 89.9 cm³/mol. The lowest BCUT2D eigenvalue weighted by molar-refractivity contribution is -0.119. The zero-order valence-electron chi connectivity index (χ0n) is 13.4. The molecule has 1 aliphatic rings. The van der Waals surface area contributed by atoms with E-state index in [0.29, 0.717) is 30.9 Å². The maximum absolute atomic E-state index is 12.5. The maximum atomic E-state index is 12.5. The van der Waals surface area contributed by atoms with E-state index in [1.165, 1.54) is 0 Å². The molecule has 24 heavy (non-hydrogen) atoms. The first-order valence-corrected chi connectivity index (χ1v) is 8.08. The first-order chi connectivity index (χ1) is 11.6. The van der Waals surface area contributed by atoms with Crippen LogP contribution in [-0.4, -0.2) is 39.8 Å². The number of benzene rings is 1. The largest absolute Gasteiger partial charge is 0.370 e. The molecule has 1 saturated heterocycles. The van der Waals surface area contributed by atoms with Crippen molar-refractivity contribution in [1.82, 2.24) is 14.9 Å². The molecular formula is C18H20N4O2. The zero-order valence-corrected chi connectivity index (χ0v) is 13.4. The van der Waals surface area contributed by atoms with Crippen LogP contribution in [0.15, 0.2) is 42.7 Å². The lowest BCUT2D eigenvalue weighted by Crippen LogP contribution is -2.39. The van der Waals surface area contributed by atoms with E-state index in [-0.39, 0.29) is 17.7 Å². The van der Waals surface area contributed by atoms with Crippen molar-refractivity contribution in [2.24, 2.45) is 11.7 Å². The Kier molecular flexibility index (Phi) is 4.84. The van der Waals surface area contributed by atoms with Crippen LogP contribution < -0.4 is 5.73 Å². The fraction of sp³-hybridized carbons (Fsp3) is 0.333. The van der Waals surface area contributed by atoms with Gasteiger partial charge < -0.3 is 10.6 Å². The third-order valence-electron chi connectivity index (χ3n) is 4.32. The fourth-order valence-electron chi connectivity index (χ4n) is 2.98. The van der Waals surface area contributed by atoms with Gasteiger partial charge in [0.25, 0.3) is 5.91 Å². The monoisotopic (exact) mass is 324 g/mol. The Balaban J connectivity index is 1.63. The second-order valence-corrected chi connectivity index (χ2v) is 6.07. The van der Waals surface area contributed by atoms with Gasteiger partial charge >= 0.3 is 0 Å².